The molecule has 4 heteroatoms. The molecule has 1 heterocycles. The molecule has 0 aliphatic heterocycles. The van der Waals surface area contributed by atoms with E-state index in [9.17, 15) is 4.79 Å². The van der Waals surface area contributed by atoms with Gasteiger partial charge < -0.3 is 0 Å². The van der Waals surface area contributed by atoms with Crippen LogP contribution in [-0.4, -0.2) is 15.5 Å². The average molecular weight is 276 g/mol. The monoisotopic (exact) mass is 276 g/mol. The van der Waals surface area contributed by atoms with Gasteiger partial charge in [0, 0.05) is 5.39 Å². The fourth-order valence-electron chi connectivity index (χ4n) is 2.31. The van der Waals surface area contributed by atoms with E-state index < -0.39 is 0 Å². The molecule has 0 N–H and O–H groups in total. The molecular formula is C15H20N2OS. The van der Waals surface area contributed by atoms with E-state index in [0.717, 1.165) is 29.4 Å². The van der Waals surface area contributed by atoms with Crippen LogP contribution in [0, 0.1) is 5.41 Å². The highest BCUT2D eigenvalue weighted by Gasteiger charge is 2.26. The minimum atomic E-state index is -0.00819. The van der Waals surface area contributed by atoms with Gasteiger partial charge in [0.05, 0.1) is 18.1 Å². The molecule has 1 aromatic heterocycles. The minimum Gasteiger partial charge on any atom is -0.267 e. The second-order valence-corrected chi connectivity index (χ2v) is 5.38. The molecule has 0 radical (unpaired) electrons. The van der Waals surface area contributed by atoms with Gasteiger partial charge in [-0.05, 0) is 30.1 Å². The van der Waals surface area contributed by atoms with Crippen molar-refractivity contribution in [3.63, 3.8) is 0 Å². The van der Waals surface area contributed by atoms with Crippen LogP contribution in [0.1, 0.15) is 26.7 Å². The largest absolute Gasteiger partial charge is 0.274 e. The van der Waals surface area contributed by atoms with Crippen molar-refractivity contribution in [2.75, 3.05) is 5.75 Å². The summed E-state index contributed by atoms with van der Waals surface area (Å²) < 4.78 is 1.59. The molecule has 0 unspecified atom stereocenters. The van der Waals surface area contributed by atoms with Gasteiger partial charge in [-0.3, -0.25) is 4.79 Å². The van der Waals surface area contributed by atoms with Crippen molar-refractivity contribution < 1.29 is 0 Å². The molecule has 19 heavy (non-hydrogen) atoms. The van der Waals surface area contributed by atoms with Crippen molar-refractivity contribution in [2.45, 2.75) is 33.2 Å². The molecule has 2 aromatic rings. The number of hydrogen-bond acceptors (Lipinski definition) is 3. The van der Waals surface area contributed by atoms with E-state index in [0.29, 0.717) is 6.54 Å². The van der Waals surface area contributed by atoms with Crippen molar-refractivity contribution in [3.05, 3.63) is 40.8 Å². The van der Waals surface area contributed by atoms with E-state index in [-0.39, 0.29) is 11.0 Å². The number of nitrogens with zero attached hydrogens (tertiary/aromatic N) is 2. The van der Waals surface area contributed by atoms with Crippen molar-refractivity contribution in [2.24, 2.45) is 5.41 Å². The van der Waals surface area contributed by atoms with Gasteiger partial charge in [-0.2, -0.15) is 17.7 Å². The normalized spacial score (nSPS) is 11.9. The summed E-state index contributed by atoms with van der Waals surface area (Å²) >= 11 is 4.46. The number of rotatable bonds is 5. The Balaban J connectivity index is 2.46. The number of thiol groups is 1. The number of hydrogen-bond donors (Lipinski definition) is 1. The highest BCUT2D eigenvalue weighted by Crippen LogP contribution is 2.29. The molecule has 0 spiro atoms. The van der Waals surface area contributed by atoms with E-state index in [2.05, 4.69) is 31.6 Å². The van der Waals surface area contributed by atoms with Gasteiger partial charge in [0.15, 0.2) is 0 Å². The van der Waals surface area contributed by atoms with E-state index >= 15 is 0 Å². The van der Waals surface area contributed by atoms with E-state index in [1.165, 1.54) is 0 Å². The zero-order chi connectivity index (χ0) is 13.9. The summed E-state index contributed by atoms with van der Waals surface area (Å²) in [6.45, 7) is 4.92. The van der Waals surface area contributed by atoms with Crippen LogP contribution in [0.3, 0.4) is 0 Å². The molecule has 0 saturated heterocycles. The fraction of sp³-hybridized carbons (Fsp3) is 0.467. The summed E-state index contributed by atoms with van der Waals surface area (Å²) in [6, 6.07) is 7.58. The zero-order valence-corrected chi connectivity index (χ0v) is 12.4. The summed E-state index contributed by atoms with van der Waals surface area (Å²) in [5, 5.41) is 5.94. The topological polar surface area (TPSA) is 34.9 Å². The molecule has 0 saturated carbocycles. The Morgan fingerprint density at radius 1 is 1.26 bits per heavy atom. The molecule has 0 bridgehead atoms. The van der Waals surface area contributed by atoms with Crippen molar-refractivity contribution >= 4 is 23.4 Å². The molecule has 102 valence electrons. The van der Waals surface area contributed by atoms with Gasteiger partial charge in [0.2, 0.25) is 0 Å². The fourth-order valence-corrected chi connectivity index (χ4v) is 2.85. The van der Waals surface area contributed by atoms with Gasteiger partial charge in [-0.25, -0.2) is 4.68 Å². The van der Waals surface area contributed by atoms with Gasteiger partial charge in [-0.1, -0.05) is 32.0 Å². The Morgan fingerprint density at radius 2 is 1.95 bits per heavy atom. The summed E-state index contributed by atoms with van der Waals surface area (Å²) in [5.74, 6) is 0.765. The van der Waals surface area contributed by atoms with Crippen molar-refractivity contribution in [1.29, 1.82) is 0 Å². The number of fused-ring (bicyclic) bond motifs is 1. The third-order valence-electron chi connectivity index (χ3n) is 4.08. The van der Waals surface area contributed by atoms with Gasteiger partial charge in [-0.15, -0.1) is 0 Å². The van der Waals surface area contributed by atoms with Gasteiger partial charge in [0.25, 0.3) is 5.56 Å². The van der Waals surface area contributed by atoms with Crippen LogP contribution < -0.4 is 5.56 Å². The first-order chi connectivity index (χ1) is 9.15. The lowest BCUT2D eigenvalue weighted by Gasteiger charge is -2.29. The van der Waals surface area contributed by atoms with Gasteiger partial charge >= 0.3 is 0 Å². The van der Waals surface area contributed by atoms with Crippen molar-refractivity contribution in [3.8, 4) is 0 Å². The number of aromatic nitrogens is 2. The summed E-state index contributed by atoms with van der Waals surface area (Å²) in [5.41, 5.74) is 0.0359. The first-order valence-electron chi connectivity index (χ1n) is 6.71. The predicted octanol–water partition coefficient (Wildman–Crippen LogP) is 3.13. The van der Waals surface area contributed by atoms with Crippen LogP contribution in [0.15, 0.2) is 35.3 Å². The maximum atomic E-state index is 12.4. The molecule has 0 aliphatic carbocycles. The third-order valence-corrected chi connectivity index (χ3v) is 4.75. The van der Waals surface area contributed by atoms with E-state index in [1.54, 1.807) is 10.9 Å². The summed E-state index contributed by atoms with van der Waals surface area (Å²) in [7, 11) is 0. The second kappa shape index (κ2) is 5.78. The van der Waals surface area contributed by atoms with Crippen LogP contribution in [0.5, 0.6) is 0 Å². The smallest absolute Gasteiger partial charge is 0.267 e. The molecule has 3 nitrogen and oxygen atoms in total. The third kappa shape index (κ3) is 2.68. The molecule has 1 aromatic carbocycles. The lowest BCUT2D eigenvalue weighted by Crippen LogP contribution is -2.34. The highest BCUT2D eigenvalue weighted by molar-refractivity contribution is 7.80. The maximum Gasteiger partial charge on any atom is 0.274 e. The Hall–Kier alpha value is -1.29. The van der Waals surface area contributed by atoms with Crippen LogP contribution in [0.4, 0.5) is 0 Å². The predicted molar refractivity (Wildman–Crippen MR) is 82.9 cm³/mol. The Labute approximate surface area is 119 Å². The standard InChI is InChI=1S/C15H20N2OS/c1-3-15(4-2,11-19)10-17-14(18)13-8-6-5-7-12(13)9-16-17/h5-9,19H,3-4,10-11H2,1-2H3. The van der Waals surface area contributed by atoms with Crippen LogP contribution in [0.2, 0.25) is 0 Å². The highest BCUT2D eigenvalue weighted by atomic mass is 32.1. The van der Waals surface area contributed by atoms with Crippen LogP contribution >= 0.6 is 12.6 Å². The summed E-state index contributed by atoms with van der Waals surface area (Å²) in [6.07, 6.45) is 3.76. The minimum absolute atomic E-state index is 0.00819. The lowest BCUT2D eigenvalue weighted by atomic mass is 9.84. The maximum absolute atomic E-state index is 12.4. The first-order valence-corrected chi connectivity index (χ1v) is 7.35. The zero-order valence-electron chi connectivity index (χ0n) is 11.5. The first kappa shape index (κ1) is 14.1. The molecular weight excluding hydrogens is 256 g/mol. The lowest BCUT2D eigenvalue weighted by molar-refractivity contribution is 0.242. The van der Waals surface area contributed by atoms with Crippen LogP contribution in [0.25, 0.3) is 10.8 Å². The number of benzene rings is 1. The van der Waals surface area contributed by atoms with E-state index in [1.807, 2.05) is 24.3 Å². The quantitative estimate of drug-likeness (QED) is 0.851. The second-order valence-electron chi connectivity index (χ2n) is 5.06. The Kier molecular flexibility index (Phi) is 4.30. The molecule has 0 aliphatic rings. The average Bonchev–Trinajstić information content (AvgIpc) is 2.48. The van der Waals surface area contributed by atoms with Crippen LogP contribution in [-0.2, 0) is 6.54 Å². The van der Waals surface area contributed by atoms with E-state index in [4.69, 9.17) is 0 Å². The Morgan fingerprint density at radius 3 is 2.58 bits per heavy atom. The summed E-state index contributed by atoms with van der Waals surface area (Å²) in [4.78, 5) is 12.4. The molecule has 0 atom stereocenters. The molecule has 0 fully saturated rings. The van der Waals surface area contributed by atoms with Crippen molar-refractivity contribution in [1.82, 2.24) is 9.78 Å². The molecule has 0 amide bonds. The Bertz CT molecular complexity index is 609. The van der Waals surface area contributed by atoms with Gasteiger partial charge in [0.1, 0.15) is 0 Å². The molecule has 2 rings (SSSR count). The SMILES string of the molecule is CCC(CC)(CS)Cn1ncc2ccccc2c1=O.